The van der Waals surface area contributed by atoms with Crippen molar-refractivity contribution in [2.24, 2.45) is 5.73 Å². The number of nitrogens with zero attached hydrogens (tertiary/aromatic N) is 1. The van der Waals surface area contributed by atoms with Gasteiger partial charge in [-0.15, -0.1) is 0 Å². The first-order valence-electron chi connectivity index (χ1n) is 7.02. The predicted molar refractivity (Wildman–Crippen MR) is 82.2 cm³/mol. The summed E-state index contributed by atoms with van der Waals surface area (Å²) in [6.07, 6.45) is 5.98. The smallest absolute Gasteiger partial charge is 0.248 e. The van der Waals surface area contributed by atoms with E-state index in [9.17, 15) is 4.79 Å². The summed E-state index contributed by atoms with van der Waals surface area (Å²) < 4.78 is 0.930. The van der Waals surface area contributed by atoms with Crippen molar-refractivity contribution in [2.75, 3.05) is 11.4 Å². The van der Waals surface area contributed by atoms with Crippen LogP contribution in [0.25, 0.3) is 0 Å². The van der Waals surface area contributed by atoms with Gasteiger partial charge in [0.05, 0.1) is 5.69 Å². The molecule has 0 bridgehead atoms. The number of hydrogen-bond donors (Lipinski definition) is 1. The van der Waals surface area contributed by atoms with Gasteiger partial charge < -0.3 is 10.6 Å². The normalized spacial score (nSPS) is 17.9. The van der Waals surface area contributed by atoms with Gasteiger partial charge in [0.25, 0.3) is 0 Å². The lowest BCUT2D eigenvalue weighted by Crippen LogP contribution is -2.32. The standard InChI is InChI=1S/C15H21BrN2O/c1-2-3-4-5-6-10-18-12-9-7-8-11(16)13(12)14(17)15(18)19/h7-9,14H,2-6,10,17H2,1H3. The predicted octanol–water partition coefficient (Wildman–Crippen LogP) is 3.77. The first-order valence-corrected chi connectivity index (χ1v) is 7.81. The Hall–Kier alpha value is -0.870. The van der Waals surface area contributed by atoms with E-state index in [4.69, 9.17) is 5.73 Å². The maximum atomic E-state index is 12.2. The zero-order valence-corrected chi connectivity index (χ0v) is 12.9. The molecule has 0 radical (unpaired) electrons. The molecule has 1 aliphatic rings. The second kappa shape index (κ2) is 6.53. The first kappa shape index (κ1) is 14.5. The van der Waals surface area contributed by atoms with Gasteiger partial charge in [0, 0.05) is 16.6 Å². The fourth-order valence-corrected chi connectivity index (χ4v) is 3.19. The van der Waals surface area contributed by atoms with Crippen molar-refractivity contribution in [3.63, 3.8) is 0 Å². The Morgan fingerprint density at radius 2 is 2.00 bits per heavy atom. The maximum Gasteiger partial charge on any atom is 0.248 e. The second-order valence-corrected chi connectivity index (χ2v) is 5.91. The van der Waals surface area contributed by atoms with E-state index in [2.05, 4.69) is 22.9 Å². The number of hydrogen-bond acceptors (Lipinski definition) is 2. The van der Waals surface area contributed by atoms with Crippen LogP contribution in [0, 0.1) is 0 Å². The van der Waals surface area contributed by atoms with E-state index in [1.54, 1.807) is 0 Å². The molecule has 1 atom stereocenters. The Bertz CT molecular complexity index is 461. The van der Waals surface area contributed by atoms with Crippen molar-refractivity contribution in [3.8, 4) is 0 Å². The molecule has 1 aromatic carbocycles. The van der Waals surface area contributed by atoms with Crippen LogP contribution in [0.3, 0.4) is 0 Å². The number of fused-ring (bicyclic) bond motifs is 1. The summed E-state index contributed by atoms with van der Waals surface area (Å²) in [7, 11) is 0. The zero-order chi connectivity index (χ0) is 13.8. The van der Waals surface area contributed by atoms with Crippen molar-refractivity contribution >= 4 is 27.5 Å². The van der Waals surface area contributed by atoms with E-state index in [-0.39, 0.29) is 5.91 Å². The van der Waals surface area contributed by atoms with Crippen molar-refractivity contribution in [1.82, 2.24) is 0 Å². The van der Waals surface area contributed by atoms with Crippen molar-refractivity contribution in [2.45, 2.75) is 45.1 Å². The molecule has 1 unspecified atom stereocenters. The van der Waals surface area contributed by atoms with E-state index < -0.39 is 6.04 Å². The lowest BCUT2D eigenvalue weighted by molar-refractivity contribution is -0.119. The molecule has 4 heteroatoms. The molecular formula is C15H21BrN2O. The Kier molecular flexibility index (Phi) is 4.99. The van der Waals surface area contributed by atoms with E-state index in [0.29, 0.717) is 0 Å². The van der Waals surface area contributed by atoms with Crippen molar-refractivity contribution in [3.05, 3.63) is 28.2 Å². The third kappa shape index (κ3) is 3.00. The number of carbonyl (C=O) groups is 1. The van der Waals surface area contributed by atoms with E-state index in [1.165, 1.54) is 25.7 Å². The SMILES string of the molecule is CCCCCCCN1C(=O)C(N)c2c(Br)cccc21. The van der Waals surface area contributed by atoms with Gasteiger partial charge in [-0.3, -0.25) is 4.79 Å². The molecular weight excluding hydrogens is 304 g/mol. The Labute approximate surface area is 123 Å². The van der Waals surface area contributed by atoms with E-state index >= 15 is 0 Å². The van der Waals surface area contributed by atoms with Crippen LogP contribution in [0.5, 0.6) is 0 Å². The van der Waals surface area contributed by atoms with Crippen LogP contribution in [-0.4, -0.2) is 12.5 Å². The molecule has 0 fully saturated rings. The molecule has 19 heavy (non-hydrogen) atoms. The van der Waals surface area contributed by atoms with Crippen LogP contribution in [0.15, 0.2) is 22.7 Å². The molecule has 3 nitrogen and oxygen atoms in total. The van der Waals surface area contributed by atoms with Crippen LogP contribution < -0.4 is 10.6 Å². The fourth-order valence-electron chi connectivity index (χ4n) is 2.58. The summed E-state index contributed by atoms with van der Waals surface area (Å²) in [4.78, 5) is 14.1. The summed E-state index contributed by atoms with van der Waals surface area (Å²) in [6, 6.07) is 5.37. The maximum absolute atomic E-state index is 12.2. The summed E-state index contributed by atoms with van der Waals surface area (Å²) in [5.41, 5.74) is 7.92. The van der Waals surface area contributed by atoms with Crippen molar-refractivity contribution < 1.29 is 4.79 Å². The molecule has 0 aliphatic carbocycles. The minimum Gasteiger partial charge on any atom is -0.316 e. The summed E-state index contributed by atoms with van der Waals surface area (Å²) in [6.45, 7) is 2.98. The number of carbonyl (C=O) groups excluding carboxylic acids is 1. The van der Waals surface area contributed by atoms with Gasteiger partial charge in [0.2, 0.25) is 5.91 Å². The molecule has 0 aromatic heterocycles. The second-order valence-electron chi connectivity index (χ2n) is 5.05. The first-order chi connectivity index (χ1) is 9.16. The fraction of sp³-hybridized carbons (Fsp3) is 0.533. The summed E-state index contributed by atoms with van der Waals surface area (Å²) in [5.74, 6) is 0.0254. The van der Waals surface area contributed by atoms with Gasteiger partial charge in [-0.25, -0.2) is 0 Å². The van der Waals surface area contributed by atoms with Crippen molar-refractivity contribution in [1.29, 1.82) is 0 Å². The molecule has 0 spiro atoms. The van der Waals surface area contributed by atoms with E-state index in [1.807, 2.05) is 23.1 Å². The topological polar surface area (TPSA) is 46.3 Å². The number of amides is 1. The third-order valence-electron chi connectivity index (χ3n) is 3.65. The van der Waals surface area contributed by atoms with Crippen LogP contribution in [0.1, 0.15) is 50.6 Å². The van der Waals surface area contributed by atoms with Gasteiger partial charge in [0.1, 0.15) is 6.04 Å². The summed E-state index contributed by atoms with van der Waals surface area (Å²) >= 11 is 3.49. The van der Waals surface area contributed by atoms with Crippen LogP contribution >= 0.6 is 15.9 Å². The van der Waals surface area contributed by atoms with Gasteiger partial charge in [-0.2, -0.15) is 0 Å². The molecule has 2 rings (SSSR count). The van der Waals surface area contributed by atoms with Crippen LogP contribution in [-0.2, 0) is 4.79 Å². The highest BCUT2D eigenvalue weighted by molar-refractivity contribution is 9.10. The average molecular weight is 325 g/mol. The number of halogens is 1. The highest BCUT2D eigenvalue weighted by atomic mass is 79.9. The minimum absolute atomic E-state index is 0.0254. The Morgan fingerprint density at radius 3 is 2.74 bits per heavy atom. The van der Waals surface area contributed by atoms with Gasteiger partial charge in [0.15, 0.2) is 0 Å². The zero-order valence-electron chi connectivity index (χ0n) is 11.4. The van der Waals surface area contributed by atoms with Crippen LogP contribution in [0.4, 0.5) is 5.69 Å². The monoisotopic (exact) mass is 324 g/mol. The number of unbranched alkanes of at least 4 members (excludes halogenated alkanes) is 4. The number of benzene rings is 1. The highest BCUT2D eigenvalue weighted by Gasteiger charge is 2.35. The Morgan fingerprint density at radius 1 is 1.26 bits per heavy atom. The lowest BCUT2D eigenvalue weighted by atomic mass is 10.1. The quantitative estimate of drug-likeness (QED) is 0.810. The number of nitrogens with two attached hydrogens (primary N) is 1. The molecule has 0 saturated carbocycles. The molecule has 2 N–H and O–H groups in total. The lowest BCUT2D eigenvalue weighted by Gasteiger charge is -2.17. The molecule has 0 saturated heterocycles. The third-order valence-corrected chi connectivity index (χ3v) is 4.34. The minimum atomic E-state index is -0.513. The molecule has 1 aromatic rings. The average Bonchev–Trinajstić information content (AvgIpc) is 2.64. The van der Waals surface area contributed by atoms with Gasteiger partial charge >= 0.3 is 0 Å². The number of rotatable bonds is 6. The van der Waals surface area contributed by atoms with Crippen LogP contribution in [0.2, 0.25) is 0 Å². The molecule has 1 amide bonds. The highest BCUT2D eigenvalue weighted by Crippen LogP contribution is 2.39. The number of anilines is 1. The largest absolute Gasteiger partial charge is 0.316 e. The van der Waals surface area contributed by atoms with Gasteiger partial charge in [-0.05, 0) is 18.6 Å². The molecule has 1 heterocycles. The molecule has 104 valence electrons. The Balaban J connectivity index is 2.03. The molecule has 1 aliphatic heterocycles. The summed E-state index contributed by atoms with van der Waals surface area (Å²) in [5, 5.41) is 0. The van der Waals surface area contributed by atoms with E-state index in [0.717, 1.165) is 28.7 Å². The van der Waals surface area contributed by atoms with Gasteiger partial charge in [-0.1, -0.05) is 54.6 Å².